The number of rotatable bonds is 5. The Balaban J connectivity index is 1.78. The van der Waals surface area contributed by atoms with Gasteiger partial charge in [0.15, 0.2) is 0 Å². The Hall–Kier alpha value is -2.03. The third kappa shape index (κ3) is 3.48. The van der Waals surface area contributed by atoms with E-state index in [2.05, 4.69) is 0 Å². The first kappa shape index (κ1) is 12.4. The second-order valence-electron chi connectivity index (χ2n) is 4.12. The standard InChI is InChI=1S/C15H16FNO/c16-15-9-2-1-5-12(15)6-4-10-18-14-8-3-7-13(17)11-14/h1-3,5,7-9,11H,4,6,10,17H2. The van der Waals surface area contributed by atoms with Gasteiger partial charge in [0.25, 0.3) is 0 Å². The van der Waals surface area contributed by atoms with Crippen molar-refractivity contribution in [1.82, 2.24) is 0 Å². The molecule has 0 radical (unpaired) electrons. The van der Waals surface area contributed by atoms with Crippen LogP contribution in [-0.4, -0.2) is 6.61 Å². The van der Waals surface area contributed by atoms with Crippen molar-refractivity contribution in [3.63, 3.8) is 0 Å². The molecule has 0 saturated heterocycles. The molecule has 0 amide bonds. The smallest absolute Gasteiger partial charge is 0.126 e. The molecule has 0 heterocycles. The fraction of sp³-hybridized carbons (Fsp3) is 0.200. The van der Waals surface area contributed by atoms with E-state index in [-0.39, 0.29) is 5.82 Å². The van der Waals surface area contributed by atoms with E-state index in [4.69, 9.17) is 10.5 Å². The lowest BCUT2D eigenvalue weighted by atomic mass is 10.1. The Bertz CT molecular complexity index is 513. The normalized spacial score (nSPS) is 10.3. The Morgan fingerprint density at radius 1 is 1.06 bits per heavy atom. The number of anilines is 1. The van der Waals surface area contributed by atoms with E-state index in [1.54, 1.807) is 18.2 Å². The van der Waals surface area contributed by atoms with E-state index in [1.165, 1.54) is 6.07 Å². The quantitative estimate of drug-likeness (QED) is 0.647. The summed E-state index contributed by atoms with van der Waals surface area (Å²) >= 11 is 0. The van der Waals surface area contributed by atoms with E-state index in [0.29, 0.717) is 18.7 Å². The highest BCUT2D eigenvalue weighted by Gasteiger charge is 2.00. The maximum absolute atomic E-state index is 13.3. The van der Waals surface area contributed by atoms with Gasteiger partial charge in [-0.1, -0.05) is 24.3 Å². The number of hydrogen-bond donors (Lipinski definition) is 1. The molecule has 0 saturated carbocycles. The minimum Gasteiger partial charge on any atom is -0.494 e. The summed E-state index contributed by atoms with van der Waals surface area (Å²) in [6.07, 6.45) is 1.45. The summed E-state index contributed by atoms with van der Waals surface area (Å²) in [4.78, 5) is 0. The number of nitrogens with two attached hydrogens (primary N) is 1. The predicted molar refractivity (Wildman–Crippen MR) is 71.1 cm³/mol. The highest BCUT2D eigenvalue weighted by Crippen LogP contribution is 2.15. The van der Waals surface area contributed by atoms with Gasteiger partial charge in [0, 0.05) is 11.8 Å². The van der Waals surface area contributed by atoms with Crippen LogP contribution in [0.15, 0.2) is 48.5 Å². The summed E-state index contributed by atoms with van der Waals surface area (Å²) < 4.78 is 18.9. The first-order chi connectivity index (χ1) is 8.75. The Labute approximate surface area is 106 Å². The molecule has 0 aliphatic rings. The predicted octanol–water partition coefficient (Wildman–Crippen LogP) is 3.42. The number of nitrogen functional groups attached to an aromatic ring is 1. The molecule has 0 fully saturated rings. The molecule has 2 aromatic rings. The summed E-state index contributed by atoms with van der Waals surface area (Å²) in [6.45, 7) is 0.553. The third-order valence-electron chi connectivity index (χ3n) is 2.68. The van der Waals surface area contributed by atoms with Gasteiger partial charge >= 0.3 is 0 Å². The molecule has 94 valence electrons. The van der Waals surface area contributed by atoms with Crippen molar-refractivity contribution in [2.75, 3.05) is 12.3 Å². The molecular weight excluding hydrogens is 229 g/mol. The molecule has 0 aliphatic heterocycles. The van der Waals surface area contributed by atoms with Crippen LogP contribution in [0, 0.1) is 5.82 Å². The van der Waals surface area contributed by atoms with Crippen molar-refractivity contribution >= 4 is 5.69 Å². The molecule has 0 atom stereocenters. The monoisotopic (exact) mass is 245 g/mol. The Morgan fingerprint density at radius 3 is 2.67 bits per heavy atom. The minimum atomic E-state index is -0.151. The molecular formula is C15H16FNO. The van der Waals surface area contributed by atoms with Gasteiger partial charge in [-0.3, -0.25) is 0 Å². The van der Waals surface area contributed by atoms with E-state index >= 15 is 0 Å². The zero-order valence-electron chi connectivity index (χ0n) is 10.1. The molecule has 2 N–H and O–H groups in total. The van der Waals surface area contributed by atoms with Crippen LogP contribution in [0.4, 0.5) is 10.1 Å². The lowest BCUT2D eigenvalue weighted by molar-refractivity contribution is 0.310. The van der Waals surface area contributed by atoms with Gasteiger partial charge in [0.2, 0.25) is 0 Å². The van der Waals surface area contributed by atoms with Crippen molar-refractivity contribution in [3.05, 3.63) is 59.9 Å². The average Bonchev–Trinajstić information content (AvgIpc) is 2.37. The van der Waals surface area contributed by atoms with Crippen molar-refractivity contribution in [1.29, 1.82) is 0 Å². The van der Waals surface area contributed by atoms with Crippen LogP contribution in [0.3, 0.4) is 0 Å². The van der Waals surface area contributed by atoms with E-state index in [0.717, 1.165) is 17.7 Å². The van der Waals surface area contributed by atoms with Gasteiger partial charge in [-0.05, 0) is 36.6 Å². The van der Waals surface area contributed by atoms with E-state index < -0.39 is 0 Å². The molecule has 0 bridgehead atoms. The van der Waals surface area contributed by atoms with Crippen molar-refractivity contribution < 1.29 is 9.13 Å². The zero-order valence-corrected chi connectivity index (χ0v) is 10.1. The molecule has 0 spiro atoms. The van der Waals surface area contributed by atoms with Crippen molar-refractivity contribution in [3.8, 4) is 5.75 Å². The number of hydrogen-bond acceptors (Lipinski definition) is 2. The average molecular weight is 245 g/mol. The molecule has 0 aromatic heterocycles. The van der Waals surface area contributed by atoms with Gasteiger partial charge in [0.05, 0.1) is 6.61 Å². The molecule has 2 aromatic carbocycles. The largest absolute Gasteiger partial charge is 0.494 e. The molecule has 0 unspecified atom stereocenters. The second-order valence-corrected chi connectivity index (χ2v) is 4.12. The van der Waals surface area contributed by atoms with Crippen molar-refractivity contribution in [2.45, 2.75) is 12.8 Å². The summed E-state index contributed by atoms with van der Waals surface area (Å²) in [5.74, 6) is 0.602. The Morgan fingerprint density at radius 2 is 1.89 bits per heavy atom. The summed E-state index contributed by atoms with van der Waals surface area (Å²) in [5, 5.41) is 0. The second kappa shape index (κ2) is 6.05. The number of halogens is 1. The topological polar surface area (TPSA) is 35.2 Å². The SMILES string of the molecule is Nc1cccc(OCCCc2ccccc2F)c1. The van der Waals surface area contributed by atoms with Gasteiger partial charge in [0.1, 0.15) is 11.6 Å². The lowest BCUT2D eigenvalue weighted by Crippen LogP contribution is -2.01. The maximum atomic E-state index is 13.3. The minimum absolute atomic E-state index is 0.151. The first-order valence-corrected chi connectivity index (χ1v) is 5.97. The lowest BCUT2D eigenvalue weighted by Gasteiger charge is -2.07. The molecule has 18 heavy (non-hydrogen) atoms. The fourth-order valence-corrected chi connectivity index (χ4v) is 1.76. The fourth-order valence-electron chi connectivity index (χ4n) is 1.76. The van der Waals surface area contributed by atoms with Gasteiger partial charge in [-0.25, -0.2) is 4.39 Å². The van der Waals surface area contributed by atoms with Crippen molar-refractivity contribution in [2.24, 2.45) is 0 Å². The van der Waals surface area contributed by atoms with Crippen LogP contribution in [0.25, 0.3) is 0 Å². The van der Waals surface area contributed by atoms with Crippen LogP contribution < -0.4 is 10.5 Å². The van der Waals surface area contributed by atoms with Crippen LogP contribution >= 0.6 is 0 Å². The van der Waals surface area contributed by atoms with Crippen LogP contribution in [0.1, 0.15) is 12.0 Å². The third-order valence-corrected chi connectivity index (χ3v) is 2.68. The van der Waals surface area contributed by atoms with Crippen LogP contribution in [0.5, 0.6) is 5.75 Å². The summed E-state index contributed by atoms with van der Waals surface area (Å²) in [5.41, 5.74) is 7.06. The molecule has 2 nitrogen and oxygen atoms in total. The molecule has 3 heteroatoms. The summed E-state index contributed by atoms with van der Waals surface area (Å²) in [7, 11) is 0. The van der Waals surface area contributed by atoms with E-state index in [9.17, 15) is 4.39 Å². The first-order valence-electron chi connectivity index (χ1n) is 5.97. The highest BCUT2D eigenvalue weighted by molar-refractivity contribution is 5.43. The number of benzene rings is 2. The summed E-state index contributed by atoms with van der Waals surface area (Å²) in [6, 6.07) is 14.1. The Kier molecular flexibility index (Phi) is 4.18. The highest BCUT2D eigenvalue weighted by atomic mass is 19.1. The molecule has 0 aliphatic carbocycles. The van der Waals surface area contributed by atoms with Crippen LogP contribution in [-0.2, 0) is 6.42 Å². The van der Waals surface area contributed by atoms with Gasteiger partial charge in [-0.15, -0.1) is 0 Å². The number of ether oxygens (including phenoxy) is 1. The molecule has 2 rings (SSSR count). The van der Waals surface area contributed by atoms with E-state index in [1.807, 2.05) is 24.3 Å². The van der Waals surface area contributed by atoms with Gasteiger partial charge < -0.3 is 10.5 Å². The maximum Gasteiger partial charge on any atom is 0.126 e. The number of aryl methyl sites for hydroxylation is 1. The van der Waals surface area contributed by atoms with Gasteiger partial charge in [-0.2, -0.15) is 0 Å². The zero-order chi connectivity index (χ0) is 12.8. The van der Waals surface area contributed by atoms with Crippen LogP contribution in [0.2, 0.25) is 0 Å².